The Morgan fingerprint density at radius 1 is 0.946 bits per heavy atom. The van der Waals surface area contributed by atoms with E-state index in [1.54, 1.807) is 22.4 Å². The minimum Gasteiger partial charge on any atom is -0.497 e. The number of hydrogen-bond acceptors (Lipinski definition) is 8. The summed E-state index contributed by atoms with van der Waals surface area (Å²) in [5.41, 5.74) is 4.25. The fourth-order valence-corrected chi connectivity index (χ4v) is 6.42. The number of anilines is 1. The lowest BCUT2D eigenvalue weighted by Crippen LogP contribution is -2.29. The second kappa shape index (κ2) is 18.6. The first-order valence-electron chi connectivity index (χ1n) is 18.8. The zero-order valence-corrected chi connectivity index (χ0v) is 33.4. The highest BCUT2D eigenvalue weighted by atomic mass is 35.5. The van der Waals surface area contributed by atoms with Crippen LogP contribution in [0, 0.1) is 6.92 Å². The molecule has 1 unspecified atom stereocenters. The number of rotatable bonds is 15. The van der Waals surface area contributed by atoms with E-state index in [1.807, 2.05) is 85.8 Å². The Labute approximate surface area is 332 Å². The smallest absolute Gasteiger partial charge is 0.320 e. The van der Waals surface area contributed by atoms with Crippen LogP contribution in [0.25, 0.3) is 5.69 Å². The van der Waals surface area contributed by atoms with E-state index in [4.69, 9.17) is 40.4 Å². The molecule has 2 N–H and O–H groups in total. The van der Waals surface area contributed by atoms with Crippen LogP contribution in [0.3, 0.4) is 0 Å². The van der Waals surface area contributed by atoms with Crippen LogP contribution in [0.1, 0.15) is 68.1 Å². The van der Waals surface area contributed by atoms with Gasteiger partial charge in [-0.2, -0.15) is 5.10 Å². The molecule has 13 heteroatoms. The summed E-state index contributed by atoms with van der Waals surface area (Å²) in [6.07, 6.45) is 2.90. The average molecular weight is 784 g/mol. The van der Waals surface area contributed by atoms with Crippen molar-refractivity contribution < 1.29 is 28.5 Å². The molecule has 0 saturated carbocycles. The van der Waals surface area contributed by atoms with Crippen LogP contribution in [0.2, 0.25) is 5.02 Å². The first-order valence-corrected chi connectivity index (χ1v) is 19.2. The summed E-state index contributed by atoms with van der Waals surface area (Å²) in [6, 6.07) is 25.9. The molecule has 1 aliphatic rings. The highest BCUT2D eigenvalue weighted by molar-refractivity contribution is 6.31. The van der Waals surface area contributed by atoms with Gasteiger partial charge in [0.25, 0.3) is 5.56 Å². The van der Waals surface area contributed by atoms with E-state index in [2.05, 4.69) is 31.4 Å². The summed E-state index contributed by atoms with van der Waals surface area (Å²) in [4.78, 5) is 26.7. The number of ether oxygens (including phenoxy) is 5. The molecular formula is C43H50ClN5O7. The molecule has 5 aromatic rings. The highest BCUT2D eigenvalue weighted by Gasteiger charge is 2.22. The van der Waals surface area contributed by atoms with E-state index in [0.717, 1.165) is 59.7 Å². The summed E-state index contributed by atoms with van der Waals surface area (Å²) < 4.78 is 32.1. The largest absolute Gasteiger partial charge is 0.497 e. The molecular weight excluding hydrogens is 734 g/mol. The average Bonchev–Trinajstić information content (AvgIpc) is 3.64. The Kier molecular flexibility index (Phi) is 13.4. The van der Waals surface area contributed by atoms with E-state index in [0.29, 0.717) is 42.8 Å². The summed E-state index contributed by atoms with van der Waals surface area (Å²) in [5, 5.41) is 10.8. The molecule has 1 aliphatic heterocycles. The molecule has 2 aromatic heterocycles. The first kappa shape index (κ1) is 40.4. The van der Waals surface area contributed by atoms with Crippen LogP contribution >= 0.6 is 11.6 Å². The third-order valence-electron chi connectivity index (χ3n) is 9.43. The number of hydrogen-bond donors (Lipinski definition) is 2. The fourth-order valence-electron chi connectivity index (χ4n) is 6.21. The van der Waals surface area contributed by atoms with Crippen LogP contribution < -0.4 is 30.4 Å². The van der Waals surface area contributed by atoms with E-state index in [-0.39, 0.29) is 35.4 Å². The van der Waals surface area contributed by atoms with Crippen molar-refractivity contribution in [3.8, 4) is 22.9 Å². The zero-order chi connectivity index (χ0) is 39.7. The Balaban J connectivity index is 1.08. The van der Waals surface area contributed by atoms with E-state index in [1.165, 1.54) is 0 Å². The van der Waals surface area contributed by atoms with Gasteiger partial charge in [-0.3, -0.25) is 10.1 Å². The van der Waals surface area contributed by atoms with Crippen molar-refractivity contribution >= 4 is 23.4 Å². The van der Waals surface area contributed by atoms with Gasteiger partial charge in [0, 0.05) is 42.5 Å². The van der Waals surface area contributed by atoms with Crippen molar-refractivity contribution in [2.75, 3.05) is 32.2 Å². The van der Waals surface area contributed by atoms with Gasteiger partial charge in [0.15, 0.2) is 6.29 Å². The number of carbonyl (C=O) groups is 1. The maximum absolute atomic E-state index is 13.4. The van der Waals surface area contributed by atoms with Gasteiger partial charge in [-0.05, 0) is 67.1 Å². The topological polar surface area (TPSA) is 127 Å². The lowest BCUT2D eigenvalue weighted by atomic mass is 9.92. The quantitative estimate of drug-likeness (QED) is 0.102. The number of carbonyl (C=O) groups excluding carboxylic acids is 1. The standard InChI is InChI=1S/C43H50ClN5O7/c1-29-23-36(40(44)41(50)48(29)27-30-16-18-34(52-5)19-17-30)56-28-32-12-7-6-11-31(32)26-45-42(51)46-38-25-37(43(2,3)4)47-49(38)33-13-10-14-35(24-33)53-21-22-55-39-15-8-9-20-54-39/h6-7,10-14,16-19,23-25,39H,8-9,15,20-22,26-28H2,1-5H3,(H2,45,46,51). The van der Waals surface area contributed by atoms with Gasteiger partial charge in [0.05, 0.1) is 31.6 Å². The maximum atomic E-state index is 13.4. The zero-order valence-electron chi connectivity index (χ0n) is 32.6. The van der Waals surface area contributed by atoms with Gasteiger partial charge in [-0.15, -0.1) is 0 Å². The molecule has 0 spiro atoms. The van der Waals surface area contributed by atoms with Crippen LogP contribution in [-0.2, 0) is 34.6 Å². The Hall–Kier alpha value is -5.30. The second-order valence-electron chi connectivity index (χ2n) is 14.7. The molecule has 1 saturated heterocycles. The number of nitrogens with zero attached hydrogens (tertiary/aromatic N) is 3. The Morgan fingerprint density at radius 2 is 1.73 bits per heavy atom. The predicted octanol–water partition coefficient (Wildman–Crippen LogP) is 8.17. The van der Waals surface area contributed by atoms with Crippen molar-refractivity contribution in [3.63, 3.8) is 0 Å². The lowest BCUT2D eigenvalue weighted by Gasteiger charge is -2.22. The number of benzene rings is 3. The number of amides is 2. The van der Waals surface area contributed by atoms with E-state index < -0.39 is 6.03 Å². The number of aryl methyl sites for hydroxylation is 1. The van der Waals surface area contributed by atoms with Crippen LogP contribution in [0.15, 0.2) is 89.7 Å². The van der Waals surface area contributed by atoms with Gasteiger partial charge in [-0.1, -0.05) is 74.8 Å². The molecule has 1 atom stereocenters. The molecule has 6 rings (SSSR count). The van der Waals surface area contributed by atoms with Crippen molar-refractivity contribution in [2.45, 2.75) is 78.4 Å². The van der Waals surface area contributed by atoms with E-state index >= 15 is 0 Å². The number of pyridine rings is 1. The molecule has 0 radical (unpaired) electrons. The SMILES string of the molecule is COc1ccc(Cn2c(C)cc(OCc3ccccc3CNC(=O)Nc3cc(C(C)(C)C)nn3-c3cccc(OCCOC4CCCCO4)c3)c(Cl)c2=O)cc1. The minimum atomic E-state index is -0.407. The van der Waals surface area contributed by atoms with Gasteiger partial charge >= 0.3 is 6.03 Å². The highest BCUT2D eigenvalue weighted by Crippen LogP contribution is 2.28. The maximum Gasteiger partial charge on any atom is 0.320 e. The molecule has 56 heavy (non-hydrogen) atoms. The molecule has 296 valence electrons. The Bertz CT molecular complexity index is 2150. The van der Waals surface area contributed by atoms with Crippen LogP contribution in [-0.4, -0.2) is 53.6 Å². The number of methoxy groups -OCH3 is 1. The molecule has 1 fully saturated rings. The fraction of sp³-hybridized carbons (Fsp3) is 0.372. The normalized spacial score (nSPS) is 14.3. The first-order chi connectivity index (χ1) is 27.0. The molecule has 2 amide bonds. The van der Waals surface area contributed by atoms with Crippen molar-refractivity contribution in [1.82, 2.24) is 19.7 Å². The van der Waals surface area contributed by atoms with Gasteiger partial charge in [-0.25, -0.2) is 9.48 Å². The molecule has 3 heterocycles. The van der Waals surface area contributed by atoms with Crippen molar-refractivity contribution in [3.05, 3.63) is 128 Å². The summed E-state index contributed by atoms with van der Waals surface area (Å²) in [6.45, 7) is 10.3. The number of nitrogens with one attached hydrogen (secondary N) is 2. The van der Waals surface area contributed by atoms with Gasteiger partial charge in [0.2, 0.25) is 0 Å². The summed E-state index contributed by atoms with van der Waals surface area (Å²) >= 11 is 6.55. The van der Waals surface area contributed by atoms with Gasteiger partial charge < -0.3 is 33.6 Å². The Morgan fingerprint density at radius 3 is 2.46 bits per heavy atom. The molecule has 3 aromatic carbocycles. The van der Waals surface area contributed by atoms with Crippen molar-refractivity contribution in [2.24, 2.45) is 0 Å². The summed E-state index contributed by atoms with van der Waals surface area (Å²) in [7, 11) is 1.61. The molecule has 0 aliphatic carbocycles. The number of aromatic nitrogens is 3. The minimum absolute atomic E-state index is 0.00112. The lowest BCUT2D eigenvalue weighted by molar-refractivity contribution is -0.165. The monoisotopic (exact) mass is 783 g/mol. The molecule has 12 nitrogen and oxygen atoms in total. The van der Waals surface area contributed by atoms with Crippen LogP contribution in [0.5, 0.6) is 17.2 Å². The van der Waals surface area contributed by atoms with Crippen molar-refractivity contribution in [1.29, 1.82) is 0 Å². The molecule has 0 bridgehead atoms. The predicted molar refractivity (Wildman–Crippen MR) is 216 cm³/mol. The third-order valence-corrected chi connectivity index (χ3v) is 9.78. The van der Waals surface area contributed by atoms with Crippen LogP contribution in [0.4, 0.5) is 10.6 Å². The third kappa shape index (κ3) is 10.5. The number of halogens is 1. The van der Waals surface area contributed by atoms with E-state index in [9.17, 15) is 9.59 Å². The van der Waals surface area contributed by atoms with Gasteiger partial charge in [0.1, 0.15) is 41.3 Å². The number of urea groups is 1. The summed E-state index contributed by atoms with van der Waals surface area (Å²) in [5.74, 6) is 2.19. The second-order valence-corrected chi connectivity index (χ2v) is 15.0.